The first-order chi connectivity index (χ1) is 22.2. The van der Waals surface area contributed by atoms with Gasteiger partial charge in [0, 0.05) is 17.6 Å². The molecular formula is C35H39FN6O4. The molecule has 6 rings (SSSR count). The van der Waals surface area contributed by atoms with E-state index in [9.17, 15) is 23.6 Å². The standard InChI is InChI=1S/C35H39FN6O4/c1-21(27-19-26(40-34(45)29-4-2-16-37-29)13-10-23(27)9-8-22-6-7-22)39-35(46)31-5-3-17-42(31)32(43)20-38-33(44)30-14-11-24-18-25(36)12-15-28(24)41-30/h8-15,18-19,21-22,29,31,37H,2-7,16-17,20H2,1H3,(H,38,44)(H,39,46)(H,40,45)/b9-8+/t21-,29?,31?/m0/s1. The maximum absolute atomic E-state index is 13.6. The van der Waals surface area contributed by atoms with Crippen LogP contribution in [-0.4, -0.2) is 65.2 Å². The van der Waals surface area contributed by atoms with Gasteiger partial charge in [0.2, 0.25) is 17.7 Å². The molecule has 2 aromatic carbocycles. The first kappa shape index (κ1) is 31.3. The van der Waals surface area contributed by atoms with E-state index in [2.05, 4.69) is 38.4 Å². The van der Waals surface area contributed by atoms with Crippen LogP contribution in [0.5, 0.6) is 0 Å². The molecule has 2 saturated heterocycles. The van der Waals surface area contributed by atoms with E-state index in [1.54, 1.807) is 6.07 Å². The number of carbonyl (C=O) groups is 4. The molecule has 3 atom stereocenters. The summed E-state index contributed by atoms with van der Waals surface area (Å²) < 4.78 is 13.5. The van der Waals surface area contributed by atoms with Gasteiger partial charge in [-0.3, -0.25) is 19.2 Å². The molecule has 10 nitrogen and oxygen atoms in total. The van der Waals surface area contributed by atoms with Crippen molar-refractivity contribution in [2.75, 3.05) is 25.0 Å². The molecule has 46 heavy (non-hydrogen) atoms. The van der Waals surface area contributed by atoms with Crippen LogP contribution in [0.1, 0.15) is 73.1 Å². The molecule has 240 valence electrons. The Morgan fingerprint density at radius 1 is 1.02 bits per heavy atom. The number of fused-ring (bicyclic) bond motifs is 1. The number of nitrogens with one attached hydrogen (secondary N) is 4. The minimum Gasteiger partial charge on any atom is -0.348 e. The van der Waals surface area contributed by atoms with Crippen LogP contribution in [0, 0.1) is 11.7 Å². The lowest BCUT2D eigenvalue weighted by molar-refractivity contribution is -0.137. The van der Waals surface area contributed by atoms with Gasteiger partial charge in [0.05, 0.1) is 24.1 Å². The first-order valence-corrected chi connectivity index (χ1v) is 16.1. The Bertz CT molecular complexity index is 1680. The number of pyridine rings is 1. The third-order valence-electron chi connectivity index (χ3n) is 8.89. The molecule has 3 aromatic rings. The molecule has 0 spiro atoms. The van der Waals surface area contributed by atoms with Crippen molar-refractivity contribution in [1.29, 1.82) is 0 Å². The number of likely N-dealkylation sites (tertiary alicyclic amines) is 1. The average Bonchev–Trinajstić information content (AvgIpc) is 3.47. The highest BCUT2D eigenvalue weighted by molar-refractivity contribution is 5.98. The van der Waals surface area contributed by atoms with E-state index < -0.39 is 23.8 Å². The third-order valence-corrected chi connectivity index (χ3v) is 8.89. The predicted octanol–water partition coefficient (Wildman–Crippen LogP) is 4.09. The molecule has 1 aliphatic carbocycles. The van der Waals surface area contributed by atoms with Crippen molar-refractivity contribution in [2.45, 2.75) is 63.6 Å². The summed E-state index contributed by atoms with van der Waals surface area (Å²) in [5.74, 6) is -1.05. The SMILES string of the molecule is C[C@H](NC(=O)C1CCCN1C(=O)CNC(=O)c1ccc2cc(F)ccc2n1)c1cc(NC(=O)C2CCCN2)ccc1/C=C/C1CC1. The van der Waals surface area contributed by atoms with Crippen molar-refractivity contribution in [3.05, 3.63) is 77.2 Å². The summed E-state index contributed by atoms with van der Waals surface area (Å²) in [7, 11) is 0. The van der Waals surface area contributed by atoms with Crippen molar-refractivity contribution < 1.29 is 23.6 Å². The summed E-state index contributed by atoms with van der Waals surface area (Å²) in [6.07, 6.45) is 9.56. The molecule has 3 fully saturated rings. The Balaban J connectivity index is 1.09. The lowest BCUT2D eigenvalue weighted by atomic mass is 9.99. The van der Waals surface area contributed by atoms with Crippen LogP contribution in [0.2, 0.25) is 0 Å². The monoisotopic (exact) mass is 626 g/mol. The van der Waals surface area contributed by atoms with Gasteiger partial charge in [-0.2, -0.15) is 0 Å². The fourth-order valence-corrected chi connectivity index (χ4v) is 6.14. The van der Waals surface area contributed by atoms with Gasteiger partial charge in [-0.1, -0.05) is 24.3 Å². The van der Waals surface area contributed by atoms with E-state index in [-0.39, 0.29) is 36.0 Å². The summed E-state index contributed by atoms with van der Waals surface area (Å²) >= 11 is 0. The van der Waals surface area contributed by atoms with E-state index >= 15 is 0 Å². The van der Waals surface area contributed by atoms with E-state index in [4.69, 9.17) is 0 Å². The topological polar surface area (TPSA) is 133 Å². The summed E-state index contributed by atoms with van der Waals surface area (Å²) in [5, 5.41) is 12.5. The highest BCUT2D eigenvalue weighted by Gasteiger charge is 2.35. The Morgan fingerprint density at radius 3 is 2.65 bits per heavy atom. The highest BCUT2D eigenvalue weighted by Crippen LogP contribution is 2.32. The second-order valence-corrected chi connectivity index (χ2v) is 12.4. The molecule has 0 radical (unpaired) electrons. The maximum Gasteiger partial charge on any atom is 0.270 e. The van der Waals surface area contributed by atoms with Crippen LogP contribution >= 0.6 is 0 Å². The summed E-state index contributed by atoms with van der Waals surface area (Å²) in [4.78, 5) is 58.0. The zero-order valence-electron chi connectivity index (χ0n) is 25.9. The Morgan fingerprint density at radius 2 is 1.87 bits per heavy atom. The fraction of sp³-hybridized carbons (Fsp3) is 0.400. The van der Waals surface area contributed by atoms with Crippen molar-refractivity contribution in [3.63, 3.8) is 0 Å². The fourth-order valence-electron chi connectivity index (χ4n) is 6.14. The van der Waals surface area contributed by atoms with E-state index in [1.807, 2.05) is 25.1 Å². The van der Waals surface area contributed by atoms with Crippen molar-refractivity contribution in [1.82, 2.24) is 25.8 Å². The highest BCUT2D eigenvalue weighted by atomic mass is 19.1. The second kappa shape index (κ2) is 13.8. The number of anilines is 1. The zero-order valence-corrected chi connectivity index (χ0v) is 25.9. The summed E-state index contributed by atoms with van der Waals surface area (Å²) in [6.45, 7) is 2.86. The molecule has 3 heterocycles. The van der Waals surface area contributed by atoms with Gasteiger partial charge in [0.25, 0.3) is 5.91 Å². The molecule has 3 aliphatic rings. The lowest BCUT2D eigenvalue weighted by Crippen LogP contribution is -2.49. The van der Waals surface area contributed by atoms with Crippen LogP contribution < -0.4 is 21.3 Å². The quantitative estimate of drug-likeness (QED) is 0.268. The molecule has 1 saturated carbocycles. The van der Waals surface area contributed by atoms with Gasteiger partial charge >= 0.3 is 0 Å². The molecule has 11 heteroatoms. The minimum absolute atomic E-state index is 0.0691. The molecule has 2 unspecified atom stereocenters. The van der Waals surface area contributed by atoms with E-state index in [1.165, 1.54) is 42.0 Å². The first-order valence-electron chi connectivity index (χ1n) is 16.1. The largest absolute Gasteiger partial charge is 0.348 e. The van der Waals surface area contributed by atoms with Gasteiger partial charge in [-0.15, -0.1) is 0 Å². The van der Waals surface area contributed by atoms with Gasteiger partial charge in [-0.05, 0) is 105 Å². The van der Waals surface area contributed by atoms with Gasteiger partial charge < -0.3 is 26.2 Å². The van der Waals surface area contributed by atoms with Crippen LogP contribution in [0.25, 0.3) is 17.0 Å². The van der Waals surface area contributed by atoms with Gasteiger partial charge in [0.1, 0.15) is 17.6 Å². The van der Waals surface area contributed by atoms with Crippen molar-refractivity contribution >= 4 is 46.3 Å². The van der Waals surface area contributed by atoms with Crippen LogP contribution in [-0.2, 0) is 14.4 Å². The van der Waals surface area contributed by atoms with Gasteiger partial charge in [-0.25, -0.2) is 9.37 Å². The minimum atomic E-state index is -0.665. The van der Waals surface area contributed by atoms with Crippen molar-refractivity contribution in [3.8, 4) is 0 Å². The Hall–Kier alpha value is -4.64. The third kappa shape index (κ3) is 7.42. The zero-order chi connectivity index (χ0) is 32.2. The number of aromatic nitrogens is 1. The molecule has 4 N–H and O–H groups in total. The summed E-state index contributed by atoms with van der Waals surface area (Å²) in [6, 6.07) is 11.7. The normalized spacial score (nSPS) is 20.2. The number of hydrogen-bond donors (Lipinski definition) is 4. The molecule has 2 aliphatic heterocycles. The van der Waals surface area contributed by atoms with Crippen LogP contribution in [0.3, 0.4) is 0 Å². The lowest BCUT2D eigenvalue weighted by Gasteiger charge is -2.26. The number of amides is 4. The number of rotatable bonds is 10. The predicted molar refractivity (Wildman–Crippen MR) is 173 cm³/mol. The number of benzene rings is 2. The van der Waals surface area contributed by atoms with E-state index in [0.717, 1.165) is 30.5 Å². The number of halogens is 1. The smallest absolute Gasteiger partial charge is 0.270 e. The number of nitrogens with zero attached hydrogens (tertiary/aromatic N) is 2. The number of allylic oxidation sites excluding steroid dienone is 1. The molecular weight excluding hydrogens is 587 g/mol. The molecule has 4 amide bonds. The maximum atomic E-state index is 13.6. The average molecular weight is 627 g/mol. The number of carbonyl (C=O) groups excluding carboxylic acids is 4. The number of hydrogen-bond acceptors (Lipinski definition) is 6. The van der Waals surface area contributed by atoms with Crippen LogP contribution in [0.15, 0.2) is 54.6 Å². The van der Waals surface area contributed by atoms with E-state index in [0.29, 0.717) is 41.9 Å². The van der Waals surface area contributed by atoms with Crippen LogP contribution in [0.4, 0.5) is 10.1 Å². The second-order valence-electron chi connectivity index (χ2n) is 12.4. The Kier molecular flexibility index (Phi) is 9.39. The van der Waals surface area contributed by atoms with Gasteiger partial charge in [0.15, 0.2) is 0 Å². The molecule has 0 bridgehead atoms. The molecule has 1 aromatic heterocycles. The summed E-state index contributed by atoms with van der Waals surface area (Å²) in [5.41, 5.74) is 3.08. The van der Waals surface area contributed by atoms with Crippen molar-refractivity contribution in [2.24, 2.45) is 5.92 Å². The Labute approximate surface area is 267 Å².